The fourth-order valence-electron chi connectivity index (χ4n) is 2.91. The molecule has 0 spiro atoms. The molecule has 0 saturated carbocycles. The number of ether oxygens (including phenoxy) is 1. The van der Waals surface area contributed by atoms with E-state index in [0.717, 1.165) is 22.5 Å². The summed E-state index contributed by atoms with van der Waals surface area (Å²) in [4.78, 5) is 7.83. The number of hydrogen-bond acceptors (Lipinski definition) is 5. The van der Waals surface area contributed by atoms with Crippen molar-refractivity contribution in [1.82, 2.24) is 4.98 Å². The first kappa shape index (κ1) is 14.8. The average molecular weight is 389 g/mol. The van der Waals surface area contributed by atoms with Gasteiger partial charge in [0.05, 0.1) is 11.6 Å². The van der Waals surface area contributed by atoms with Crippen LogP contribution in [0.15, 0.2) is 45.9 Å². The van der Waals surface area contributed by atoms with Gasteiger partial charge in [-0.15, -0.1) is 0 Å². The number of hydrogen-bond donors (Lipinski definition) is 4. The molecule has 3 aromatic rings. The Labute approximate surface area is 145 Å². The number of halogens is 1. The molecule has 0 radical (unpaired) electrons. The number of phenolic OH excluding ortho intramolecular Hbond substituents is 1. The molecule has 122 valence electrons. The number of aromatic nitrogens is 2. The van der Waals surface area contributed by atoms with E-state index in [1.54, 1.807) is 6.07 Å². The van der Waals surface area contributed by atoms with Gasteiger partial charge in [0.2, 0.25) is 6.17 Å². The summed E-state index contributed by atoms with van der Waals surface area (Å²) in [5.74, 6) is 1.48. The molecule has 24 heavy (non-hydrogen) atoms. The largest absolute Gasteiger partial charge is 0.503 e. The molecular formula is C16H15BrN5O2+. The smallest absolute Gasteiger partial charge is 0.365 e. The number of para-hydroxylation sites is 2. The van der Waals surface area contributed by atoms with Gasteiger partial charge in [0.1, 0.15) is 11.0 Å². The molecule has 0 unspecified atom stereocenters. The Bertz CT molecular complexity index is 982. The number of rotatable bonds is 2. The molecule has 8 heteroatoms. The van der Waals surface area contributed by atoms with Gasteiger partial charge in [0, 0.05) is 5.56 Å². The number of nitrogens with two attached hydrogens (primary N) is 1. The second kappa shape index (κ2) is 5.41. The lowest BCUT2D eigenvalue weighted by molar-refractivity contribution is -0.674. The molecule has 2 heterocycles. The lowest BCUT2D eigenvalue weighted by Gasteiger charge is -2.19. The third-order valence-electron chi connectivity index (χ3n) is 3.98. The van der Waals surface area contributed by atoms with Crippen LogP contribution in [0.1, 0.15) is 11.7 Å². The second-order valence-corrected chi connectivity index (χ2v) is 6.28. The maximum atomic E-state index is 10.0. The predicted octanol–water partition coefficient (Wildman–Crippen LogP) is 2.22. The van der Waals surface area contributed by atoms with Crippen molar-refractivity contribution in [3.63, 3.8) is 0 Å². The molecule has 1 aliphatic rings. The zero-order valence-corrected chi connectivity index (χ0v) is 14.3. The highest BCUT2D eigenvalue weighted by molar-refractivity contribution is 9.10. The van der Waals surface area contributed by atoms with Crippen molar-refractivity contribution < 1.29 is 14.4 Å². The Morgan fingerprint density at radius 2 is 2.12 bits per heavy atom. The summed E-state index contributed by atoms with van der Waals surface area (Å²) < 4.78 is 7.80. The van der Waals surface area contributed by atoms with E-state index in [1.165, 1.54) is 7.11 Å². The third kappa shape index (κ3) is 2.18. The van der Waals surface area contributed by atoms with Crippen molar-refractivity contribution in [2.24, 2.45) is 10.7 Å². The van der Waals surface area contributed by atoms with Crippen molar-refractivity contribution >= 4 is 38.9 Å². The van der Waals surface area contributed by atoms with Gasteiger partial charge in [-0.05, 0) is 40.2 Å². The van der Waals surface area contributed by atoms with Crippen molar-refractivity contribution in [2.75, 3.05) is 12.4 Å². The quantitative estimate of drug-likeness (QED) is 0.505. The van der Waals surface area contributed by atoms with Gasteiger partial charge in [0.25, 0.3) is 5.96 Å². The van der Waals surface area contributed by atoms with Gasteiger partial charge in [-0.1, -0.05) is 12.1 Å². The molecule has 7 nitrogen and oxygen atoms in total. The topological polar surface area (TPSA) is 99.5 Å². The Hall–Kier alpha value is -2.74. The first-order valence-corrected chi connectivity index (χ1v) is 8.06. The number of benzene rings is 2. The number of methoxy groups -OCH3 is 1. The molecule has 0 aliphatic carbocycles. The molecule has 1 aromatic heterocycles. The molecule has 0 amide bonds. The van der Waals surface area contributed by atoms with Crippen LogP contribution in [0.3, 0.4) is 0 Å². The summed E-state index contributed by atoms with van der Waals surface area (Å²) >= 11 is 3.36. The number of fused-ring (bicyclic) bond motifs is 3. The standard InChI is InChI=1S/C16H14BrN5O2/c1-24-12-7-8(6-9(17)13(12)23)14-20-15(18)21-16-19-10-4-2-3-5-11(10)22(14)16/h2-7,14H,1H3,(H4,18,19,20,21,23)/p+1/t14-/m0/s1. The van der Waals surface area contributed by atoms with E-state index in [0.29, 0.717) is 16.2 Å². The number of phenols is 1. The van der Waals surface area contributed by atoms with Gasteiger partial charge in [-0.25, -0.2) is 14.9 Å². The van der Waals surface area contributed by atoms with Gasteiger partial charge in [-0.3, -0.25) is 0 Å². The maximum Gasteiger partial charge on any atom is 0.365 e. The van der Waals surface area contributed by atoms with E-state index in [2.05, 4.69) is 31.2 Å². The summed E-state index contributed by atoms with van der Waals surface area (Å²) in [6.45, 7) is 0. The number of H-pyrrole nitrogens is 1. The van der Waals surface area contributed by atoms with Crippen LogP contribution in [-0.2, 0) is 0 Å². The molecular weight excluding hydrogens is 374 g/mol. The minimum absolute atomic E-state index is 0.0521. The van der Waals surface area contributed by atoms with Crippen molar-refractivity contribution in [3.05, 3.63) is 46.4 Å². The highest BCUT2D eigenvalue weighted by Crippen LogP contribution is 2.37. The Kier molecular flexibility index (Phi) is 3.34. The summed E-state index contributed by atoms with van der Waals surface area (Å²) in [6.07, 6.45) is -0.386. The molecule has 5 N–H and O–H groups in total. The minimum Gasteiger partial charge on any atom is -0.503 e. The van der Waals surface area contributed by atoms with Gasteiger partial charge in [-0.2, -0.15) is 4.99 Å². The second-order valence-electron chi connectivity index (χ2n) is 5.43. The number of aromatic hydroxyl groups is 1. The molecule has 0 saturated heterocycles. The number of imidazole rings is 1. The third-order valence-corrected chi connectivity index (χ3v) is 4.58. The number of aromatic amines is 1. The molecule has 2 aromatic carbocycles. The summed E-state index contributed by atoms with van der Waals surface area (Å²) in [7, 11) is 1.51. The normalized spacial score (nSPS) is 16.4. The molecule has 0 bridgehead atoms. The maximum absolute atomic E-state index is 10.0. The Morgan fingerprint density at radius 3 is 2.92 bits per heavy atom. The van der Waals surface area contributed by atoms with E-state index in [4.69, 9.17) is 10.5 Å². The Morgan fingerprint density at radius 1 is 1.33 bits per heavy atom. The highest BCUT2D eigenvalue weighted by atomic mass is 79.9. The van der Waals surface area contributed by atoms with Crippen LogP contribution in [0, 0.1) is 0 Å². The monoisotopic (exact) mass is 388 g/mol. The molecule has 1 atom stereocenters. The lowest BCUT2D eigenvalue weighted by Crippen LogP contribution is -2.48. The predicted molar refractivity (Wildman–Crippen MR) is 94.2 cm³/mol. The Balaban J connectivity index is 1.96. The number of nitrogens with one attached hydrogen (secondary N) is 2. The lowest BCUT2D eigenvalue weighted by atomic mass is 10.1. The van der Waals surface area contributed by atoms with Gasteiger partial charge in [0.15, 0.2) is 11.5 Å². The zero-order valence-electron chi connectivity index (χ0n) is 12.7. The molecule has 4 rings (SSSR count). The van der Waals surface area contributed by atoms with Crippen LogP contribution < -0.4 is 20.4 Å². The van der Waals surface area contributed by atoms with Crippen LogP contribution in [-0.4, -0.2) is 23.2 Å². The first-order valence-electron chi connectivity index (χ1n) is 7.27. The van der Waals surface area contributed by atoms with Crippen LogP contribution in [0.2, 0.25) is 0 Å². The average Bonchev–Trinajstić information content (AvgIpc) is 2.94. The van der Waals surface area contributed by atoms with Crippen molar-refractivity contribution in [3.8, 4) is 11.5 Å². The van der Waals surface area contributed by atoms with Crippen LogP contribution in [0.5, 0.6) is 11.5 Å². The highest BCUT2D eigenvalue weighted by Gasteiger charge is 2.32. The summed E-state index contributed by atoms with van der Waals surface area (Å²) in [5.41, 5.74) is 8.74. The van der Waals surface area contributed by atoms with E-state index in [-0.39, 0.29) is 11.9 Å². The van der Waals surface area contributed by atoms with Crippen molar-refractivity contribution in [2.45, 2.75) is 6.17 Å². The fraction of sp³-hybridized carbons (Fsp3) is 0.125. The number of guanidine groups is 1. The zero-order chi connectivity index (χ0) is 16.8. The van der Waals surface area contributed by atoms with E-state index < -0.39 is 0 Å². The van der Waals surface area contributed by atoms with E-state index >= 15 is 0 Å². The first-order chi connectivity index (χ1) is 11.6. The summed E-state index contributed by atoms with van der Waals surface area (Å²) in [5, 5.41) is 13.1. The fourth-order valence-corrected chi connectivity index (χ4v) is 3.37. The van der Waals surface area contributed by atoms with E-state index in [1.807, 2.05) is 34.9 Å². The van der Waals surface area contributed by atoms with Crippen LogP contribution >= 0.6 is 15.9 Å². The number of aliphatic imine (C=N–C) groups is 1. The van der Waals surface area contributed by atoms with Crippen LogP contribution in [0.25, 0.3) is 11.0 Å². The van der Waals surface area contributed by atoms with Crippen LogP contribution in [0.4, 0.5) is 5.95 Å². The minimum atomic E-state index is -0.386. The van der Waals surface area contributed by atoms with Gasteiger partial charge >= 0.3 is 5.95 Å². The van der Waals surface area contributed by atoms with Gasteiger partial charge < -0.3 is 15.6 Å². The molecule has 0 fully saturated rings. The summed E-state index contributed by atoms with van der Waals surface area (Å²) in [6, 6.07) is 11.5. The molecule has 1 aliphatic heterocycles. The van der Waals surface area contributed by atoms with E-state index in [9.17, 15) is 5.11 Å². The number of nitrogens with zero attached hydrogens (tertiary/aromatic N) is 2. The number of anilines is 1. The SMILES string of the molecule is COc1cc([C@H]2N=C(N)Nc3[nH]c4ccccc4[n+]32)cc(Br)c1O. The van der Waals surface area contributed by atoms with Crippen molar-refractivity contribution in [1.29, 1.82) is 0 Å².